The number of thioether (sulfide) groups is 1. The molecular formula is C12H17ClO2S. The largest absolute Gasteiger partial charge is 0.493 e. The van der Waals surface area contributed by atoms with Crippen molar-refractivity contribution in [2.75, 3.05) is 12.4 Å². The maximum absolute atomic E-state index is 9.29. The fraction of sp³-hybridized carbons (Fsp3) is 0.500. The Morgan fingerprint density at radius 1 is 1.44 bits per heavy atom. The molecule has 0 aliphatic carbocycles. The van der Waals surface area contributed by atoms with E-state index in [1.807, 2.05) is 25.1 Å². The Morgan fingerprint density at radius 2 is 2.19 bits per heavy atom. The van der Waals surface area contributed by atoms with E-state index in [1.165, 1.54) is 0 Å². The average Bonchev–Trinajstić information content (AvgIpc) is 2.24. The highest BCUT2D eigenvalue weighted by Gasteiger charge is 2.08. The van der Waals surface area contributed by atoms with Gasteiger partial charge in [-0.25, -0.2) is 0 Å². The Bertz CT molecular complexity index is 318. The lowest BCUT2D eigenvalue weighted by Gasteiger charge is -2.14. The van der Waals surface area contributed by atoms with Crippen LogP contribution in [0.2, 0.25) is 5.02 Å². The van der Waals surface area contributed by atoms with Gasteiger partial charge in [-0.1, -0.05) is 24.6 Å². The molecule has 1 rings (SSSR count). The lowest BCUT2D eigenvalue weighted by atomic mass is 10.3. The van der Waals surface area contributed by atoms with E-state index in [-0.39, 0.29) is 11.4 Å². The zero-order valence-corrected chi connectivity index (χ0v) is 11.1. The number of benzene rings is 1. The number of aliphatic hydroxyl groups is 1. The Balaban J connectivity index is 2.21. The Kier molecular flexibility index (Phi) is 6.03. The third kappa shape index (κ3) is 5.10. The summed E-state index contributed by atoms with van der Waals surface area (Å²) in [6, 6.07) is 7.36. The van der Waals surface area contributed by atoms with Crippen molar-refractivity contribution in [2.24, 2.45) is 0 Å². The molecule has 0 saturated heterocycles. The first-order chi connectivity index (χ1) is 7.59. The standard InChI is InChI=1S/C12H17ClO2S/c1-9(14)10(2)16-7-6-15-12-5-3-4-11(13)8-12/h3-5,8-10,14H,6-7H2,1-2H3. The summed E-state index contributed by atoms with van der Waals surface area (Å²) in [5.74, 6) is 1.65. The normalized spacial score (nSPS) is 14.5. The molecule has 0 radical (unpaired) electrons. The van der Waals surface area contributed by atoms with Crippen molar-refractivity contribution in [1.29, 1.82) is 0 Å². The van der Waals surface area contributed by atoms with E-state index in [1.54, 1.807) is 24.8 Å². The van der Waals surface area contributed by atoms with Crippen molar-refractivity contribution in [3.05, 3.63) is 29.3 Å². The first-order valence-corrected chi connectivity index (χ1v) is 6.70. The Hall–Kier alpha value is -0.380. The minimum absolute atomic E-state index is 0.239. The number of hydrogen-bond acceptors (Lipinski definition) is 3. The first kappa shape index (κ1) is 13.7. The highest BCUT2D eigenvalue weighted by Crippen LogP contribution is 2.18. The maximum atomic E-state index is 9.29. The minimum Gasteiger partial charge on any atom is -0.493 e. The van der Waals surface area contributed by atoms with Crippen molar-refractivity contribution in [1.82, 2.24) is 0 Å². The molecule has 2 unspecified atom stereocenters. The van der Waals surface area contributed by atoms with Crippen LogP contribution in [-0.2, 0) is 0 Å². The van der Waals surface area contributed by atoms with Crippen molar-refractivity contribution < 1.29 is 9.84 Å². The molecule has 0 aliphatic rings. The summed E-state index contributed by atoms with van der Waals surface area (Å²) in [4.78, 5) is 0. The summed E-state index contributed by atoms with van der Waals surface area (Å²) in [5.41, 5.74) is 0. The summed E-state index contributed by atoms with van der Waals surface area (Å²) in [5, 5.41) is 10.2. The molecule has 0 saturated carbocycles. The van der Waals surface area contributed by atoms with Crippen LogP contribution < -0.4 is 4.74 Å². The zero-order valence-electron chi connectivity index (χ0n) is 9.52. The molecular weight excluding hydrogens is 244 g/mol. The monoisotopic (exact) mass is 260 g/mol. The molecule has 0 bridgehead atoms. The fourth-order valence-electron chi connectivity index (χ4n) is 1.09. The summed E-state index contributed by atoms with van der Waals surface area (Å²) in [6.45, 7) is 4.44. The van der Waals surface area contributed by atoms with E-state index < -0.39 is 0 Å². The van der Waals surface area contributed by atoms with Gasteiger partial charge in [0.25, 0.3) is 0 Å². The topological polar surface area (TPSA) is 29.5 Å². The third-order valence-corrected chi connectivity index (χ3v) is 3.77. The molecule has 0 heterocycles. The van der Waals surface area contributed by atoms with Gasteiger partial charge < -0.3 is 9.84 Å². The smallest absolute Gasteiger partial charge is 0.120 e. The summed E-state index contributed by atoms with van der Waals surface area (Å²) in [7, 11) is 0. The van der Waals surface area contributed by atoms with E-state index in [2.05, 4.69) is 0 Å². The van der Waals surface area contributed by atoms with Gasteiger partial charge in [0.2, 0.25) is 0 Å². The number of rotatable bonds is 6. The van der Waals surface area contributed by atoms with Gasteiger partial charge >= 0.3 is 0 Å². The predicted molar refractivity (Wildman–Crippen MR) is 70.5 cm³/mol. The van der Waals surface area contributed by atoms with Crippen LogP contribution in [0.5, 0.6) is 5.75 Å². The molecule has 1 aromatic carbocycles. The molecule has 16 heavy (non-hydrogen) atoms. The van der Waals surface area contributed by atoms with Crippen molar-refractivity contribution in [2.45, 2.75) is 25.2 Å². The van der Waals surface area contributed by atoms with Crippen molar-refractivity contribution in [3.8, 4) is 5.75 Å². The van der Waals surface area contributed by atoms with E-state index >= 15 is 0 Å². The van der Waals surface area contributed by atoms with Crippen molar-refractivity contribution in [3.63, 3.8) is 0 Å². The average molecular weight is 261 g/mol. The highest BCUT2D eigenvalue weighted by atomic mass is 35.5. The fourth-order valence-corrected chi connectivity index (χ4v) is 2.10. The second-order valence-electron chi connectivity index (χ2n) is 3.62. The van der Waals surface area contributed by atoms with E-state index in [9.17, 15) is 5.11 Å². The van der Waals surface area contributed by atoms with E-state index in [4.69, 9.17) is 16.3 Å². The summed E-state index contributed by atoms with van der Waals surface area (Å²) >= 11 is 7.53. The van der Waals surface area contributed by atoms with Crippen LogP contribution in [0.15, 0.2) is 24.3 Å². The first-order valence-electron chi connectivity index (χ1n) is 5.27. The van der Waals surface area contributed by atoms with Gasteiger partial charge in [-0.2, -0.15) is 11.8 Å². The molecule has 0 spiro atoms. The second-order valence-corrected chi connectivity index (χ2v) is 5.54. The van der Waals surface area contributed by atoms with Gasteiger partial charge in [0.1, 0.15) is 5.75 Å². The number of ether oxygens (including phenoxy) is 1. The van der Waals surface area contributed by atoms with Gasteiger partial charge in [0.05, 0.1) is 12.7 Å². The molecule has 0 aliphatic heterocycles. The molecule has 2 nitrogen and oxygen atoms in total. The predicted octanol–water partition coefficient (Wildman–Crippen LogP) is 3.22. The van der Waals surface area contributed by atoms with Gasteiger partial charge in [-0.05, 0) is 25.1 Å². The lowest BCUT2D eigenvalue weighted by Crippen LogP contribution is -2.17. The van der Waals surface area contributed by atoms with Crippen LogP contribution in [-0.4, -0.2) is 28.8 Å². The van der Waals surface area contributed by atoms with Gasteiger partial charge in [-0.15, -0.1) is 0 Å². The summed E-state index contributed by atoms with van der Waals surface area (Å²) < 4.78 is 5.53. The molecule has 0 amide bonds. The molecule has 4 heteroatoms. The second kappa shape index (κ2) is 7.05. The molecule has 2 atom stereocenters. The van der Waals surface area contributed by atoms with Crippen LogP contribution in [0.25, 0.3) is 0 Å². The van der Waals surface area contributed by atoms with Crippen LogP contribution in [0, 0.1) is 0 Å². The van der Waals surface area contributed by atoms with E-state index in [0.29, 0.717) is 11.6 Å². The van der Waals surface area contributed by atoms with E-state index in [0.717, 1.165) is 11.5 Å². The Morgan fingerprint density at radius 3 is 2.81 bits per heavy atom. The number of hydrogen-bond donors (Lipinski definition) is 1. The minimum atomic E-state index is -0.281. The molecule has 1 aromatic rings. The van der Waals surface area contributed by atoms with Gasteiger partial charge in [-0.3, -0.25) is 0 Å². The molecule has 0 fully saturated rings. The zero-order chi connectivity index (χ0) is 12.0. The quantitative estimate of drug-likeness (QED) is 0.797. The summed E-state index contributed by atoms with van der Waals surface area (Å²) in [6.07, 6.45) is -0.281. The number of aliphatic hydroxyl groups excluding tert-OH is 1. The molecule has 0 aromatic heterocycles. The Labute approximate surface area is 106 Å². The molecule has 90 valence electrons. The third-order valence-electron chi connectivity index (χ3n) is 2.21. The van der Waals surface area contributed by atoms with Crippen molar-refractivity contribution >= 4 is 23.4 Å². The van der Waals surface area contributed by atoms with Gasteiger partial charge in [0.15, 0.2) is 0 Å². The molecule has 1 N–H and O–H groups in total. The highest BCUT2D eigenvalue weighted by molar-refractivity contribution is 7.99. The van der Waals surface area contributed by atoms with Crippen LogP contribution in [0.4, 0.5) is 0 Å². The SMILES string of the molecule is CC(O)C(C)SCCOc1cccc(Cl)c1. The lowest BCUT2D eigenvalue weighted by molar-refractivity contribution is 0.196. The van der Waals surface area contributed by atoms with Gasteiger partial charge in [0, 0.05) is 16.0 Å². The maximum Gasteiger partial charge on any atom is 0.120 e. The van der Waals surface area contributed by atoms with Crippen LogP contribution in [0.1, 0.15) is 13.8 Å². The number of halogens is 1. The van der Waals surface area contributed by atoms with Crippen LogP contribution in [0.3, 0.4) is 0 Å². The van der Waals surface area contributed by atoms with Crippen LogP contribution >= 0.6 is 23.4 Å².